The van der Waals surface area contributed by atoms with Crippen LogP contribution in [-0.2, 0) is 9.63 Å². The first-order chi connectivity index (χ1) is 8.22. The van der Waals surface area contributed by atoms with E-state index in [1.807, 2.05) is 18.2 Å². The lowest BCUT2D eigenvalue weighted by atomic mass is 10.3. The number of benzene rings is 1. The molecule has 0 aliphatic carbocycles. The van der Waals surface area contributed by atoms with Gasteiger partial charge in [0, 0.05) is 0 Å². The number of rotatable bonds is 6. The highest BCUT2D eigenvalue weighted by molar-refractivity contribution is 5.76. The van der Waals surface area contributed by atoms with Crippen molar-refractivity contribution < 1.29 is 14.4 Å². The van der Waals surface area contributed by atoms with Crippen molar-refractivity contribution in [2.75, 3.05) is 6.61 Å². The first-order valence-corrected chi connectivity index (χ1v) is 5.15. The van der Waals surface area contributed by atoms with Gasteiger partial charge in [0.1, 0.15) is 11.5 Å². The molecule has 4 nitrogen and oxygen atoms in total. The Kier molecular flexibility index (Phi) is 5.37. The molecule has 1 amide bonds. The van der Waals surface area contributed by atoms with Gasteiger partial charge in [-0.25, -0.2) is 0 Å². The third-order valence-electron chi connectivity index (χ3n) is 1.79. The van der Waals surface area contributed by atoms with Crippen LogP contribution >= 0.6 is 0 Å². The molecule has 0 spiro atoms. The monoisotopic (exact) mass is 233 g/mol. The molecule has 0 aliphatic rings. The number of ether oxygens (including phenoxy) is 1. The molecule has 0 aliphatic heterocycles. The quantitative estimate of drug-likeness (QED) is 0.465. The van der Waals surface area contributed by atoms with E-state index in [9.17, 15) is 4.79 Å². The van der Waals surface area contributed by atoms with Gasteiger partial charge < -0.3 is 9.57 Å². The SMILES string of the molecule is C=C/C=C(\C)ONC(=O)COc1ccccc1. The van der Waals surface area contributed by atoms with Crippen LogP contribution < -0.4 is 10.2 Å². The molecule has 0 fully saturated rings. The molecule has 1 rings (SSSR count). The second kappa shape index (κ2) is 7.11. The molecule has 1 aromatic rings. The van der Waals surface area contributed by atoms with Gasteiger partial charge in [-0.2, -0.15) is 5.48 Å². The van der Waals surface area contributed by atoms with Gasteiger partial charge in [-0.1, -0.05) is 30.9 Å². The molecule has 17 heavy (non-hydrogen) atoms. The summed E-state index contributed by atoms with van der Waals surface area (Å²) in [6.07, 6.45) is 3.21. The third kappa shape index (κ3) is 5.41. The number of allylic oxidation sites excluding steroid dienone is 3. The smallest absolute Gasteiger partial charge is 0.290 e. The van der Waals surface area contributed by atoms with Crippen molar-refractivity contribution in [2.45, 2.75) is 6.92 Å². The van der Waals surface area contributed by atoms with Gasteiger partial charge in [-0.15, -0.1) is 0 Å². The summed E-state index contributed by atoms with van der Waals surface area (Å²) in [5.74, 6) is 0.833. The van der Waals surface area contributed by atoms with Crippen molar-refractivity contribution in [1.82, 2.24) is 5.48 Å². The lowest BCUT2D eigenvalue weighted by molar-refractivity contribution is -0.132. The van der Waals surface area contributed by atoms with E-state index in [1.54, 1.807) is 31.2 Å². The molecule has 0 radical (unpaired) electrons. The van der Waals surface area contributed by atoms with Crippen molar-refractivity contribution in [2.24, 2.45) is 0 Å². The fourth-order valence-corrected chi connectivity index (χ4v) is 1.03. The summed E-state index contributed by atoms with van der Waals surface area (Å²) in [5, 5.41) is 0. The normalized spacial score (nSPS) is 10.5. The zero-order valence-corrected chi connectivity index (χ0v) is 9.68. The Hall–Kier alpha value is -2.23. The van der Waals surface area contributed by atoms with Crippen LogP contribution in [-0.4, -0.2) is 12.5 Å². The van der Waals surface area contributed by atoms with Crippen molar-refractivity contribution in [3.63, 3.8) is 0 Å². The van der Waals surface area contributed by atoms with Crippen LogP contribution in [0.15, 0.2) is 54.8 Å². The second-order valence-electron chi connectivity index (χ2n) is 3.24. The highest BCUT2D eigenvalue weighted by Gasteiger charge is 2.02. The molecule has 0 heterocycles. The van der Waals surface area contributed by atoms with E-state index in [0.717, 1.165) is 0 Å². The average Bonchev–Trinajstić information content (AvgIpc) is 2.35. The Balaban J connectivity index is 2.26. The van der Waals surface area contributed by atoms with Crippen LogP contribution in [0.2, 0.25) is 0 Å². The minimum atomic E-state index is -0.356. The van der Waals surface area contributed by atoms with Crippen LogP contribution in [0.4, 0.5) is 0 Å². The Morgan fingerprint density at radius 2 is 2.12 bits per heavy atom. The first-order valence-electron chi connectivity index (χ1n) is 5.15. The molecule has 0 saturated carbocycles. The molecule has 90 valence electrons. The molecule has 1 aromatic carbocycles. The van der Waals surface area contributed by atoms with Gasteiger partial charge in [-0.3, -0.25) is 4.79 Å². The molecular formula is C13H15NO3. The zero-order valence-electron chi connectivity index (χ0n) is 9.68. The summed E-state index contributed by atoms with van der Waals surface area (Å²) in [6, 6.07) is 9.09. The summed E-state index contributed by atoms with van der Waals surface area (Å²) in [6.45, 7) is 5.13. The molecule has 1 N–H and O–H groups in total. The average molecular weight is 233 g/mol. The predicted octanol–water partition coefficient (Wildman–Crippen LogP) is 2.20. The largest absolute Gasteiger partial charge is 0.484 e. The minimum Gasteiger partial charge on any atom is -0.484 e. The van der Waals surface area contributed by atoms with E-state index in [4.69, 9.17) is 9.57 Å². The van der Waals surface area contributed by atoms with Gasteiger partial charge in [0.05, 0.1) is 0 Å². The Bertz CT molecular complexity index is 398. The van der Waals surface area contributed by atoms with E-state index < -0.39 is 0 Å². The molecule has 0 saturated heterocycles. The van der Waals surface area contributed by atoms with E-state index in [-0.39, 0.29) is 12.5 Å². The maximum absolute atomic E-state index is 11.3. The molecule has 0 atom stereocenters. The number of carbonyl (C=O) groups is 1. The standard InChI is InChI=1S/C13H15NO3/c1-3-7-11(2)17-14-13(15)10-16-12-8-5-4-6-9-12/h3-9H,1,10H2,2H3,(H,14,15)/b11-7+. The lowest BCUT2D eigenvalue weighted by Crippen LogP contribution is -2.28. The second-order valence-corrected chi connectivity index (χ2v) is 3.24. The van der Waals surface area contributed by atoms with Crippen LogP contribution in [0, 0.1) is 0 Å². The highest BCUT2D eigenvalue weighted by Crippen LogP contribution is 2.07. The Morgan fingerprint density at radius 1 is 1.41 bits per heavy atom. The van der Waals surface area contributed by atoms with E-state index in [1.165, 1.54) is 0 Å². The fourth-order valence-electron chi connectivity index (χ4n) is 1.03. The highest BCUT2D eigenvalue weighted by atomic mass is 16.7. The zero-order chi connectivity index (χ0) is 12.5. The van der Waals surface area contributed by atoms with Crippen LogP contribution in [0.1, 0.15) is 6.92 Å². The van der Waals surface area contributed by atoms with Gasteiger partial charge in [0.15, 0.2) is 6.61 Å². The molecule has 0 bridgehead atoms. The van der Waals surface area contributed by atoms with Crippen molar-refractivity contribution in [3.8, 4) is 5.75 Å². The van der Waals surface area contributed by atoms with E-state index in [2.05, 4.69) is 12.1 Å². The first kappa shape index (κ1) is 12.8. The van der Waals surface area contributed by atoms with Crippen LogP contribution in [0.25, 0.3) is 0 Å². The number of hydrogen-bond donors (Lipinski definition) is 1. The van der Waals surface area contributed by atoms with Crippen molar-refractivity contribution in [1.29, 1.82) is 0 Å². The van der Waals surface area contributed by atoms with E-state index >= 15 is 0 Å². The van der Waals surface area contributed by atoms with Gasteiger partial charge in [0.25, 0.3) is 5.91 Å². The van der Waals surface area contributed by atoms with Crippen LogP contribution in [0.3, 0.4) is 0 Å². The number of amides is 1. The summed E-state index contributed by atoms with van der Waals surface area (Å²) < 4.78 is 5.23. The summed E-state index contributed by atoms with van der Waals surface area (Å²) >= 11 is 0. The van der Waals surface area contributed by atoms with Crippen LogP contribution in [0.5, 0.6) is 5.75 Å². The van der Waals surface area contributed by atoms with Gasteiger partial charge in [-0.05, 0) is 25.1 Å². The Labute approximate surface area is 100 Å². The Morgan fingerprint density at radius 3 is 2.76 bits per heavy atom. The molecular weight excluding hydrogens is 218 g/mol. The van der Waals surface area contributed by atoms with Crippen molar-refractivity contribution in [3.05, 3.63) is 54.8 Å². The van der Waals surface area contributed by atoms with E-state index in [0.29, 0.717) is 11.5 Å². The number of carbonyl (C=O) groups excluding carboxylic acids is 1. The fraction of sp³-hybridized carbons (Fsp3) is 0.154. The molecule has 0 aromatic heterocycles. The summed E-state index contributed by atoms with van der Waals surface area (Å²) in [7, 11) is 0. The summed E-state index contributed by atoms with van der Waals surface area (Å²) in [4.78, 5) is 16.3. The number of hydroxylamine groups is 1. The molecule has 4 heteroatoms. The lowest BCUT2D eigenvalue weighted by Gasteiger charge is -2.08. The van der Waals surface area contributed by atoms with Crippen molar-refractivity contribution >= 4 is 5.91 Å². The topological polar surface area (TPSA) is 47.6 Å². The number of hydrogen-bond acceptors (Lipinski definition) is 3. The maximum Gasteiger partial charge on any atom is 0.290 e. The minimum absolute atomic E-state index is 0.0919. The third-order valence-corrected chi connectivity index (χ3v) is 1.79. The van der Waals surface area contributed by atoms with Gasteiger partial charge in [0.2, 0.25) is 0 Å². The van der Waals surface area contributed by atoms with Gasteiger partial charge >= 0.3 is 0 Å². The molecule has 0 unspecified atom stereocenters. The number of nitrogens with one attached hydrogen (secondary N) is 1. The summed E-state index contributed by atoms with van der Waals surface area (Å²) in [5.41, 5.74) is 2.26. The predicted molar refractivity (Wildman–Crippen MR) is 65.1 cm³/mol. The number of para-hydroxylation sites is 1. The maximum atomic E-state index is 11.3.